The van der Waals surface area contributed by atoms with E-state index < -0.39 is 0 Å². The molecule has 0 amide bonds. The summed E-state index contributed by atoms with van der Waals surface area (Å²) in [5.41, 5.74) is 7.41. The summed E-state index contributed by atoms with van der Waals surface area (Å²) in [5.74, 6) is 2.00. The molecule has 0 saturated heterocycles. The highest BCUT2D eigenvalue weighted by atomic mass is 19.1. The summed E-state index contributed by atoms with van der Waals surface area (Å²) in [6.45, 7) is 2.84. The third-order valence-electron chi connectivity index (χ3n) is 6.82. The van der Waals surface area contributed by atoms with Crippen LogP contribution in [0.2, 0.25) is 0 Å². The molecular weight excluding hydrogens is 425 g/mol. The van der Waals surface area contributed by atoms with E-state index in [4.69, 9.17) is 9.72 Å². The third kappa shape index (κ3) is 3.66. The lowest BCUT2D eigenvalue weighted by atomic mass is 9.90. The number of ether oxygens (including phenoxy) is 1. The minimum Gasteiger partial charge on any atom is -0.488 e. The van der Waals surface area contributed by atoms with Gasteiger partial charge in [0, 0.05) is 35.7 Å². The molecule has 1 aromatic heterocycles. The Morgan fingerprint density at radius 3 is 2.76 bits per heavy atom. The summed E-state index contributed by atoms with van der Waals surface area (Å²) in [6.07, 6.45) is 3.58. The van der Waals surface area contributed by atoms with Gasteiger partial charge in [-0.15, -0.1) is 0 Å². The smallest absolute Gasteiger partial charge is 0.130 e. The molecule has 5 heteroatoms. The van der Waals surface area contributed by atoms with E-state index in [0.29, 0.717) is 24.5 Å². The van der Waals surface area contributed by atoms with Gasteiger partial charge in [-0.3, -0.25) is 0 Å². The molecule has 2 aliphatic rings. The zero-order valence-corrected chi connectivity index (χ0v) is 19.0. The molecule has 4 aromatic rings. The fourth-order valence-corrected chi connectivity index (χ4v) is 4.91. The number of benzene rings is 3. The minimum atomic E-state index is -0.352. The van der Waals surface area contributed by atoms with Gasteiger partial charge >= 0.3 is 0 Å². The van der Waals surface area contributed by atoms with E-state index >= 15 is 0 Å². The Bertz CT molecular complexity index is 1500. The Balaban J connectivity index is 1.43. The highest BCUT2D eigenvalue weighted by molar-refractivity contribution is 5.88. The van der Waals surface area contributed by atoms with Crippen molar-refractivity contribution in [2.75, 3.05) is 0 Å². The number of hydrogen-bond donors (Lipinski definition) is 0. The third-order valence-corrected chi connectivity index (χ3v) is 6.82. The predicted molar refractivity (Wildman–Crippen MR) is 130 cm³/mol. The first-order valence-corrected chi connectivity index (χ1v) is 11.7. The molecule has 6 rings (SSSR count). The highest BCUT2D eigenvalue weighted by Crippen LogP contribution is 2.39. The summed E-state index contributed by atoms with van der Waals surface area (Å²) < 4.78 is 22.3. The van der Waals surface area contributed by atoms with Gasteiger partial charge < -0.3 is 9.30 Å². The molecule has 4 nitrogen and oxygen atoms in total. The highest BCUT2D eigenvalue weighted by Gasteiger charge is 2.25. The lowest BCUT2D eigenvalue weighted by Crippen LogP contribution is -2.07. The number of aromatic nitrogens is 2. The van der Waals surface area contributed by atoms with Crippen molar-refractivity contribution in [1.29, 1.82) is 5.26 Å². The van der Waals surface area contributed by atoms with Crippen molar-refractivity contribution in [3.63, 3.8) is 0 Å². The maximum atomic E-state index is 13.9. The number of imidazole rings is 1. The average Bonchev–Trinajstić information content (AvgIpc) is 3.62. The maximum absolute atomic E-state index is 13.9. The van der Waals surface area contributed by atoms with Crippen LogP contribution in [0.3, 0.4) is 0 Å². The number of hydrogen-bond acceptors (Lipinski definition) is 3. The Kier molecular flexibility index (Phi) is 4.95. The fraction of sp³-hybridized carbons (Fsp3) is 0.241. The van der Waals surface area contributed by atoms with Gasteiger partial charge in [0.15, 0.2) is 0 Å². The Labute approximate surface area is 197 Å². The maximum Gasteiger partial charge on any atom is 0.130 e. The van der Waals surface area contributed by atoms with Crippen molar-refractivity contribution in [2.45, 2.75) is 39.3 Å². The molecule has 0 radical (unpaired) electrons. The largest absolute Gasteiger partial charge is 0.488 e. The van der Waals surface area contributed by atoms with Crippen LogP contribution in [0, 0.1) is 23.1 Å². The normalized spacial score (nSPS) is 16.3. The lowest BCUT2D eigenvalue weighted by Gasteiger charge is -2.14. The van der Waals surface area contributed by atoms with Crippen molar-refractivity contribution >= 4 is 16.6 Å². The van der Waals surface area contributed by atoms with Crippen LogP contribution in [0.4, 0.5) is 4.39 Å². The van der Waals surface area contributed by atoms with Crippen LogP contribution in [-0.2, 0) is 19.6 Å². The number of nitriles is 1. The van der Waals surface area contributed by atoms with E-state index in [1.165, 1.54) is 25.0 Å². The second kappa shape index (κ2) is 8.14. The van der Waals surface area contributed by atoms with Crippen LogP contribution in [-0.4, -0.2) is 9.55 Å². The molecule has 0 bridgehead atoms. The van der Waals surface area contributed by atoms with Crippen LogP contribution in [0.5, 0.6) is 5.75 Å². The van der Waals surface area contributed by atoms with Gasteiger partial charge in [0.1, 0.15) is 24.0 Å². The van der Waals surface area contributed by atoms with Crippen LogP contribution >= 0.6 is 0 Å². The Hall–Kier alpha value is -3.91. The number of nitrogens with zero attached hydrogens (tertiary/aromatic N) is 3. The lowest BCUT2D eigenvalue weighted by molar-refractivity contribution is 0.305. The molecular formula is C29H24FN3O. The van der Waals surface area contributed by atoms with E-state index in [1.807, 2.05) is 6.07 Å². The predicted octanol–water partition coefficient (Wildman–Crippen LogP) is 6.41. The van der Waals surface area contributed by atoms with Crippen LogP contribution in [0.25, 0.3) is 16.6 Å². The van der Waals surface area contributed by atoms with Gasteiger partial charge in [0.25, 0.3) is 0 Å². The molecule has 0 N–H and O–H groups in total. The molecule has 3 aromatic carbocycles. The Morgan fingerprint density at radius 2 is 1.94 bits per heavy atom. The number of halogens is 1. The van der Waals surface area contributed by atoms with Gasteiger partial charge in [-0.2, -0.15) is 5.26 Å². The molecule has 168 valence electrons. The van der Waals surface area contributed by atoms with E-state index in [1.54, 1.807) is 13.0 Å². The van der Waals surface area contributed by atoms with Gasteiger partial charge in [-0.25, -0.2) is 9.37 Å². The molecule has 1 fully saturated rings. The molecule has 0 atom stereocenters. The van der Waals surface area contributed by atoms with Gasteiger partial charge in [0.05, 0.1) is 17.1 Å². The second-order valence-corrected chi connectivity index (χ2v) is 9.28. The van der Waals surface area contributed by atoms with Gasteiger partial charge in [-0.05, 0) is 72.7 Å². The van der Waals surface area contributed by atoms with Crippen molar-refractivity contribution in [2.24, 2.45) is 5.92 Å². The molecule has 1 aliphatic heterocycles. The summed E-state index contributed by atoms with van der Waals surface area (Å²) in [7, 11) is 0. The number of fused-ring (bicyclic) bond motifs is 3. The summed E-state index contributed by atoms with van der Waals surface area (Å²) in [4.78, 5) is 4.93. The van der Waals surface area contributed by atoms with Crippen molar-refractivity contribution in [3.05, 3.63) is 100 Å². The molecule has 34 heavy (non-hydrogen) atoms. The SMILES string of the molecule is C/C(C#N)=C1/c2ccc(Cn3c(CC4CC4)nc4ccccc43)cc2COc2cc(F)ccc21. The minimum absolute atomic E-state index is 0.321. The fourth-order valence-electron chi connectivity index (χ4n) is 4.91. The zero-order valence-electron chi connectivity index (χ0n) is 19.0. The summed E-state index contributed by atoms with van der Waals surface area (Å²) >= 11 is 0. The first-order chi connectivity index (χ1) is 16.6. The van der Waals surface area contributed by atoms with Crippen LogP contribution < -0.4 is 4.74 Å². The first kappa shape index (κ1) is 20.7. The monoisotopic (exact) mass is 449 g/mol. The Morgan fingerprint density at radius 1 is 1.12 bits per heavy atom. The standard InChI is InChI=1S/C29H24FN3O/c1-18(15-31)29-23-10-8-20(12-21(23)17-34-27-14-22(30)9-11-24(27)29)16-33-26-5-3-2-4-25(26)32-28(33)13-19-6-7-19/h2-5,8-12,14,19H,6-7,13,16-17H2,1H3/b29-18+. The van der Waals surface area contributed by atoms with Gasteiger partial charge in [0.2, 0.25) is 0 Å². The van der Waals surface area contributed by atoms with E-state index in [2.05, 4.69) is 47.0 Å². The average molecular weight is 450 g/mol. The van der Waals surface area contributed by atoms with Crippen LogP contribution in [0.15, 0.2) is 66.2 Å². The van der Waals surface area contributed by atoms with E-state index in [0.717, 1.165) is 57.0 Å². The summed E-state index contributed by atoms with van der Waals surface area (Å²) in [5, 5.41) is 9.69. The zero-order chi connectivity index (χ0) is 23.2. The van der Waals surface area contributed by atoms with Crippen molar-refractivity contribution in [1.82, 2.24) is 9.55 Å². The first-order valence-electron chi connectivity index (χ1n) is 11.7. The molecule has 1 saturated carbocycles. The van der Waals surface area contributed by atoms with Crippen LogP contribution in [0.1, 0.15) is 47.8 Å². The quantitative estimate of drug-likeness (QED) is 0.338. The second-order valence-electron chi connectivity index (χ2n) is 9.28. The topological polar surface area (TPSA) is 50.8 Å². The number of allylic oxidation sites excluding steroid dienone is 1. The summed E-state index contributed by atoms with van der Waals surface area (Å²) in [6, 6.07) is 21.4. The molecule has 1 aliphatic carbocycles. The number of para-hydroxylation sites is 2. The van der Waals surface area contributed by atoms with Crippen molar-refractivity contribution in [3.8, 4) is 11.8 Å². The molecule has 0 spiro atoms. The molecule has 0 unspecified atom stereocenters. The van der Waals surface area contributed by atoms with Gasteiger partial charge in [-0.1, -0.05) is 24.3 Å². The van der Waals surface area contributed by atoms with E-state index in [-0.39, 0.29) is 5.82 Å². The van der Waals surface area contributed by atoms with Crippen molar-refractivity contribution < 1.29 is 9.13 Å². The molecule has 2 heterocycles. The number of rotatable bonds is 4. The van der Waals surface area contributed by atoms with E-state index in [9.17, 15) is 9.65 Å².